The number of imidazole rings is 1. The summed E-state index contributed by atoms with van der Waals surface area (Å²) < 4.78 is 13.2. The standard InChI is InChI=1S/C34H52N6O4Si/c1-33(2,3)44-32(42)39-17-13-24(14-18-39)27-9-10-28(29(37-27)25-11-15-34(4,5)16-12-25)38-31(41)30-36-26(21-35)22-40(30)23-43-19-20-45(6,7)8/h9-11,22,24,31,38,41H,12-20,23H2,1-8H3. The molecule has 0 saturated carbocycles. The molecule has 1 aliphatic heterocycles. The molecule has 1 unspecified atom stereocenters. The van der Waals surface area contributed by atoms with Crippen LogP contribution in [0.4, 0.5) is 10.5 Å². The fourth-order valence-electron chi connectivity index (χ4n) is 5.60. The second kappa shape index (κ2) is 14.1. The van der Waals surface area contributed by atoms with Gasteiger partial charge in [0.2, 0.25) is 0 Å². The van der Waals surface area contributed by atoms with E-state index in [4.69, 9.17) is 14.5 Å². The third-order valence-corrected chi connectivity index (χ3v) is 10.1. The highest BCUT2D eigenvalue weighted by molar-refractivity contribution is 6.76. The summed E-state index contributed by atoms with van der Waals surface area (Å²) in [7, 11) is -1.25. The topological polar surface area (TPSA) is 126 Å². The van der Waals surface area contributed by atoms with Crippen molar-refractivity contribution in [1.29, 1.82) is 5.26 Å². The molecule has 2 N–H and O–H groups in total. The summed E-state index contributed by atoms with van der Waals surface area (Å²) in [5, 5.41) is 24.2. The summed E-state index contributed by atoms with van der Waals surface area (Å²) in [5.41, 5.74) is 3.64. The number of carbonyl (C=O) groups excluding carboxylic acids is 1. The number of ether oxygens (including phenoxy) is 2. The lowest BCUT2D eigenvalue weighted by Gasteiger charge is -2.33. The van der Waals surface area contributed by atoms with Crippen LogP contribution in [-0.4, -0.2) is 64.0 Å². The van der Waals surface area contributed by atoms with Gasteiger partial charge >= 0.3 is 6.09 Å². The van der Waals surface area contributed by atoms with E-state index in [0.29, 0.717) is 25.5 Å². The molecule has 1 aliphatic carbocycles. The minimum atomic E-state index is -1.25. The minimum absolute atomic E-state index is 0.208. The van der Waals surface area contributed by atoms with E-state index >= 15 is 0 Å². The molecular formula is C34H52N6O4Si. The molecule has 0 spiro atoms. The maximum Gasteiger partial charge on any atom is 0.410 e. The molecule has 45 heavy (non-hydrogen) atoms. The van der Waals surface area contributed by atoms with Crippen LogP contribution in [-0.2, 0) is 16.2 Å². The van der Waals surface area contributed by atoms with Crippen molar-refractivity contribution in [3.63, 3.8) is 0 Å². The number of rotatable bonds is 10. The van der Waals surface area contributed by atoms with Crippen LogP contribution in [0.15, 0.2) is 24.4 Å². The normalized spacial score (nSPS) is 18.2. The number of anilines is 1. The molecule has 2 aliphatic rings. The van der Waals surface area contributed by atoms with E-state index in [1.807, 2.05) is 32.9 Å². The molecule has 11 heteroatoms. The predicted molar refractivity (Wildman–Crippen MR) is 179 cm³/mol. The molecule has 0 radical (unpaired) electrons. The van der Waals surface area contributed by atoms with Crippen LogP contribution in [0.25, 0.3) is 5.57 Å². The Morgan fingerprint density at radius 2 is 1.93 bits per heavy atom. The Kier molecular flexibility index (Phi) is 10.8. The molecule has 0 bridgehead atoms. The number of amides is 1. The van der Waals surface area contributed by atoms with E-state index < -0.39 is 19.9 Å². The summed E-state index contributed by atoms with van der Waals surface area (Å²) in [4.78, 5) is 24.0. The van der Waals surface area contributed by atoms with Crippen LogP contribution < -0.4 is 5.32 Å². The van der Waals surface area contributed by atoms with Crippen LogP contribution in [0.5, 0.6) is 0 Å². The number of piperidine rings is 1. The van der Waals surface area contributed by atoms with Crippen molar-refractivity contribution in [3.8, 4) is 6.07 Å². The van der Waals surface area contributed by atoms with Gasteiger partial charge in [0.1, 0.15) is 18.4 Å². The van der Waals surface area contributed by atoms with Gasteiger partial charge in [0.25, 0.3) is 0 Å². The van der Waals surface area contributed by atoms with Gasteiger partial charge in [0, 0.05) is 45.6 Å². The number of nitriles is 1. The third kappa shape index (κ3) is 9.89. The number of hydrogen-bond donors (Lipinski definition) is 2. The molecule has 0 aromatic carbocycles. The van der Waals surface area contributed by atoms with Gasteiger partial charge in [-0.05, 0) is 82.0 Å². The minimum Gasteiger partial charge on any atom is -0.444 e. The summed E-state index contributed by atoms with van der Waals surface area (Å²) in [5.74, 6) is 0.537. The Labute approximate surface area is 269 Å². The van der Waals surface area contributed by atoms with E-state index in [0.717, 1.165) is 60.8 Å². The van der Waals surface area contributed by atoms with E-state index in [1.165, 1.54) is 0 Å². The first-order valence-corrected chi connectivity index (χ1v) is 19.9. The second-order valence-corrected chi connectivity index (χ2v) is 21.1. The van der Waals surface area contributed by atoms with Crippen molar-refractivity contribution < 1.29 is 19.4 Å². The lowest BCUT2D eigenvalue weighted by atomic mass is 9.77. The van der Waals surface area contributed by atoms with Crippen molar-refractivity contribution in [3.05, 3.63) is 47.3 Å². The Morgan fingerprint density at radius 1 is 1.22 bits per heavy atom. The van der Waals surface area contributed by atoms with Crippen molar-refractivity contribution >= 4 is 25.4 Å². The van der Waals surface area contributed by atoms with Gasteiger partial charge in [-0.25, -0.2) is 9.78 Å². The molecule has 2 aromatic heterocycles. The Bertz CT molecular complexity index is 1410. The Hall–Kier alpha value is -3.20. The number of pyridine rings is 1. The molecule has 3 heterocycles. The zero-order chi connectivity index (χ0) is 33.0. The quantitative estimate of drug-likeness (QED) is 0.158. The van der Waals surface area contributed by atoms with Gasteiger partial charge in [-0.1, -0.05) is 39.6 Å². The summed E-state index contributed by atoms with van der Waals surface area (Å²) in [6.07, 6.45) is 6.96. The SMILES string of the molecule is CC1(C)CC=C(c2nc(C3CCN(C(=O)OC(C)(C)C)CC3)ccc2NC(O)c2nc(C#N)cn2COCC[Si](C)(C)C)CC1. The molecule has 1 amide bonds. The molecule has 2 aromatic rings. The summed E-state index contributed by atoms with van der Waals surface area (Å²) >= 11 is 0. The smallest absolute Gasteiger partial charge is 0.410 e. The Morgan fingerprint density at radius 3 is 2.53 bits per heavy atom. The van der Waals surface area contributed by atoms with Crippen LogP contribution >= 0.6 is 0 Å². The first-order chi connectivity index (χ1) is 21.0. The largest absolute Gasteiger partial charge is 0.444 e. The zero-order valence-corrected chi connectivity index (χ0v) is 29.4. The second-order valence-electron chi connectivity index (χ2n) is 15.4. The zero-order valence-electron chi connectivity index (χ0n) is 28.4. The molecule has 1 fully saturated rings. The van der Waals surface area contributed by atoms with E-state index in [1.54, 1.807) is 15.7 Å². The van der Waals surface area contributed by atoms with Gasteiger partial charge in [-0.3, -0.25) is 4.98 Å². The van der Waals surface area contributed by atoms with Gasteiger partial charge < -0.3 is 29.4 Å². The number of hydrogen-bond acceptors (Lipinski definition) is 8. The van der Waals surface area contributed by atoms with Gasteiger partial charge in [-0.2, -0.15) is 5.26 Å². The fourth-order valence-corrected chi connectivity index (χ4v) is 6.35. The number of likely N-dealkylation sites (tertiary alicyclic amines) is 1. The third-order valence-electron chi connectivity index (χ3n) is 8.44. The predicted octanol–water partition coefficient (Wildman–Crippen LogP) is 7.27. The number of aliphatic hydroxyl groups excluding tert-OH is 1. The van der Waals surface area contributed by atoms with E-state index in [-0.39, 0.29) is 29.9 Å². The highest BCUT2D eigenvalue weighted by Crippen LogP contribution is 2.40. The number of allylic oxidation sites excluding steroid dienone is 2. The number of nitrogens with one attached hydrogen (secondary N) is 1. The number of aromatic nitrogens is 3. The average Bonchev–Trinajstić information content (AvgIpc) is 3.38. The first kappa shape index (κ1) is 34.7. The summed E-state index contributed by atoms with van der Waals surface area (Å²) in [6.45, 7) is 19.2. The molecule has 1 saturated heterocycles. The lowest BCUT2D eigenvalue weighted by Crippen LogP contribution is -2.41. The van der Waals surface area contributed by atoms with E-state index in [2.05, 4.69) is 55.9 Å². The monoisotopic (exact) mass is 636 g/mol. The highest BCUT2D eigenvalue weighted by atomic mass is 28.3. The molecule has 10 nitrogen and oxygen atoms in total. The van der Waals surface area contributed by atoms with Crippen molar-refractivity contribution in [2.75, 3.05) is 25.0 Å². The maximum atomic E-state index is 12.6. The van der Waals surface area contributed by atoms with Crippen LogP contribution in [0, 0.1) is 16.7 Å². The first-order valence-electron chi connectivity index (χ1n) is 16.2. The molecule has 1 atom stereocenters. The van der Waals surface area contributed by atoms with Crippen molar-refractivity contribution in [2.45, 2.75) is 117 Å². The van der Waals surface area contributed by atoms with Crippen molar-refractivity contribution in [1.82, 2.24) is 19.4 Å². The number of carbonyl (C=O) groups is 1. The summed E-state index contributed by atoms with van der Waals surface area (Å²) in [6, 6.07) is 7.12. The average molecular weight is 637 g/mol. The number of aliphatic hydroxyl groups is 1. The molecule has 246 valence electrons. The van der Waals surface area contributed by atoms with Crippen molar-refractivity contribution in [2.24, 2.45) is 5.41 Å². The molecular weight excluding hydrogens is 584 g/mol. The number of nitrogens with zero attached hydrogens (tertiary/aromatic N) is 5. The van der Waals surface area contributed by atoms with E-state index in [9.17, 15) is 15.2 Å². The Balaban J connectivity index is 1.54. The fraction of sp³-hybridized carbons (Fsp3) is 0.647. The van der Waals surface area contributed by atoms with Gasteiger partial charge in [0.05, 0.1) is 11.4 Å². The molecule has 4 rings (SSSR count). The van der Waals surface area contributed by atoms with Gasteiger partial charge in [-0.15, -0.1) is 0 Å². The maximum absolute atomic E-state index is 12.6. The highest BCUT2D eigenvalue weighted by Gasteiger charge is 2.30. The van der Waals surface area contributed by atoms with Crippen LogP contribution in [0.2, 0.25) is 25.7 Å². The van der Waals surface area contributed by atoms with Crippen LogP contribution in [0.3, 0.4) is 0 Å². The lowest BCUT2D eigenvalue weighted by molar-refractivity contribution is 0.0204. The van der Waals surface area contributed by atoms with Gasteiger partial charge in [0.15, 0.2) is 17.7 Å². The van der Waals surface area contributed by atoms with Crippen LogP contribution in [0.1, 0.15) is 102 Å².